The second kappa shape index (κ2) is 8.04. The second-order valence-electron chi connectivity index (χ2n) is 8.93. The number of fused-ring (bicyclic) bond motifs is 2. The Morgan fingerprint density at radius 3 is 2.67 bits per heavy atom. The first-order chi connectivity index (χ1) is 14.2. The minimum absolute atomic E-state index is 0.0145. The highest BCUT2D eigenvalue weighted by molar-refractivity contribution is 5.86. The van der Waals surface area contributed by atoms with Gasteiger partial charge in [0.2, 0.25) is 5.91 Å². The van der Waals surface area contributed by atoms with E-state index in [9.17, 15) is 18.0 Å². The van der Waals surface area contributed by atoms with Gasteiger partial charge in [0.1, 0.15) is 5.75 Å². The minimum Gasteiger partial charge on any atom is -0.470 e. The molecule has 1 N–H and O–H groups in total. The number of benzene rings is 1. The van der Waals surface area contributed by atoms with Gasteiger partial charge in [0, 0.05) is 31.2 Å². The zero-order valence-corrected chi connectivity index (χ0v) is 17.4. The van der Waals surface area contributed by atoms with Gasteiger partial charge in [-0.15, -0.1) is 0 Å². The largest absolute Gasteiger partial charge is 0.470 e. The first-order valence-electron chi connectivity index (χ1n) is 10.7. The standard InChI is InChI=1S/C22H29F3N2O3/c1-14(2)21(7-8-26-17-5-9-29-10-6-17)12-19-27(20(21)28)13-15-11-16(22(23,24)25)3-4-18(15)30-19/h3-4,11,14,17,19,26H,5-10,12-13H2,1-2H3. The Morgan fingerprint density at radius 2 is 2.00 bits per heavy atom. The Hall–Kier alpha value is -1.80. The van der Waals surface area contributed by atoms with Gasteiger partial charge in [-0.1, -0.05) is 13.8 Å². The van der Waals surface area contributed by atoms with Crippen LogP contribution in [-0.4, -0.2) is 42.8 Å². The number of alkyl halides is 3. The molecule has 1 aromatic carbocycles. The smallest absolute Gasteiger partial charge is 0.416 e. The van der Waals surface area contributed by atoms with Crippen molar-refractivity contribution in [2.24, 2.45) is 11.3 Å². The molecular weight excluding hydrogens is 397 g/mol. The predicted octanol–water partition coefficient (Wildman–Crippen LogP) is 3.96. The second-order valence-corrected chi connectivity index (χ2v) is 8.93. The van der Waals surface area contributed by atoms with Crippen LogP contribution in [-0.2, 0) is 22.3 Å². The van der Waals surface area contributed by atoms with E-state index < -0.39 is 23.4 Å². The van der Waals surface area contributed by atoms with Crippen molar-refractivity contribution in [3.8, 4) is 5.75 Å². The summed E-state index contributed by atoms with van der Waals surface area (Å²) in [4.78, 5) is 15.1. The van der Waals surface area contributed by atoms with Crippen LogP contribution < -0.4 is 10.1 Å². The Kier molecular flexibility index (Phi) is 5.74. The maximum atomic E-state index is 13.5. The predicted molar refractivity (Wildman–Crippen MR) is 105 cm³/mol. The third-order valence-corrected chi connectivity index (χ3v) is 6.90. The Labute approximate surface area is 174 Å². The van der Waals surface area contributed by atoms with E-state index >= 15 is 0 Å². The minimum atomic E-state index is -4.42. The first kappa shape index (κ1) is 21.4. The quantitative estimate of drug-likeness (QED) is 0.775. The number of nitrogens with zero attached hydrogens (tertiary/aromatic N) is 1. The summed E-state index contributed by atoms with van der Waals surface area (Å²) in [7, 11) is 0. The molecule has 2 fully saturated rings. The third-order valence-electron chi connectivity index (χ3n) is 6.90. The number of carbonyl (C=O) groups excluding carboxylic acids is 1. The number of hydrogen-bond donors (Lipinski definition) is 1. The molecule has 0 bridgehead atoms. The fourth-order valence-electron chi connectivity index (χ4n) is 4.91. The molecule has 4 rings (SSSR count). The molecule has 0 aromatic heterocycles. The molecule has 2 atom stereocenters. The van der Waals surface area contributed by atoms with Crippen LogP contribution in [0.25, 0.3) is 0 Å². The van der Waals surface area contributed by atoms with Crippen LogP contribution in [0.5, 0.6) is 5.75 Å². The number of hydrogen-bond acceptors (Lipinski definition) is 4. The van der Waals surface area contributed by atoms with E-state index in [1.165, 1.54) is 6.07 Å². The molecule has 5 nitrogen and oxygen atoms in total. The average molecular weight is 426 g/mol. The van der Waals surface area contributed by atoms with Crippen molar-refractivity contribution in [3.05, 3.63) is 29.3 Å². The molecule has 3 aliphatic heterocycles. The van der Waals surface area contributed by atoms with Gasteiger partial charge in [-0.25, -0.2) is 0 Å². The van der Waals surface area contributed by atoms with Gasteiger partial charge in [0.15, 0.2) is 6.23 Å². The van der Waals surface area contributed by atoms with Gasteiger partial charge in [-0.05, 0) is 49.9 Å². The summed E-state index contributed by atoms with van der Waals surface area (Å²) >= 11 is 0. The van der Waals surface area contributed by atoms with Gasteiger partial charge in [-0.3, -0.25) is 4.79 Å². The summed E-state index contributed by atoms with van der Waals surface area (Å²) < 4.78 is 50.7. The Bertz CT molecular complexity index is 792. The lowest BCUT2D eigenvalue weighted by molar-refractivity contribution is -0.142. The van der Waals surface area contributed by atoms with Crippen LogP contribution in [0.2, 0.25) is 0 Å². The third kappa shape index (κ3) is 3.91. The number of nitrogens with one attached hydrogen (secondary N) is 1. The van der Waals surface area contributed by atoms with E-state index in [2.05, 4.69) is 5.32 Å². The lowest BCUT2D eigenvalue weighted by atomic mass is 9.73. The summed E-state index contributed by atoms with van der Waals surface area (Å²) in [5.41, 5.74) is -0.877. The highest BCUT2D eigenvalue weighted by Crippen LogP contribution is 2.48. The molecule has 1 amide bonds. The molecule has 0 spiro atoms. The van der Waals surface area contributed by atoms with Crippen LogP contribution in [0.1, 0.15) is 50.7 Å². The van der Waals surface area contributed by atoms with Crippen molar-refractivity contribution in [3.63, 3.8) is 0 Å². The lowest BCUT2D eigenvalue weighted by Gasteiger charge is -2.33. The van der Waals surface area contributed by atoms with E-state index in [0.29, 0.717) is 30.2 Å². The van der Waals surface area contributed by atoms with Gasteiger partial charge in [0.05, 0.1) is 17.5 Å². The summed E-state index contributed by atoms with van der Waals surface area (Å²) in [5.74, 6) is 0.529. The molecule has 3 aliphatic rings. The maximum Gasteiger partial charge on any atom is 0.416 e. The van der Waals surface area contributed by atoms with Crippen LogP contribution >= 0.6 is 0 Å². The normalized spacial score (nSPS) is 27.2. The molecule has 2 unspecified atom stereocenters. The number of halogens is 3. The fraction of sp³-hybridized carbons (Fsp3) is 0.682. The highest BCUT2D eigenvalue weighted by atomic mass is 19.4. The van der Waals surface area contributed by atoms with Gasteiger partial charge < -0.3 is 19.7 Å². The van der Waals surface area contributed by atoms with E-state index in [-0.39, 0.29) is 18.4 Å². The average Bonchev–Trinajstić information content (AvgIpc) is 2.98. The van der Waals surface area contributed by atoms with E-state index in [1.807, 2.05) is 13.8 Å². The lowest BCUT2D eigenvalue weighted by Crippen LogP contribution is -2.44. The van der Waals surface area contributed by atoms with E-state index in [0.717, 1.165) is 44.7 Å². The molecular formula is C22H29F3N2O3. The highest BCUT2D eigenvalue weighted by Gasteiger charge is 2.55. The van der Waals surface area contributed by atoms with Gasteiger partial charge in [0.25, 0.3) is 0 Å². The Balaban J connectivity index is 1.49. The molecule has 3 heterocycles. The Morgan fingerprint density at radius 1 is 1.27 bits per heavy atom. The molecule has 1 aromatic rings. The van der Waals surface area contributed by atoms with Crippen molar-refractivity contribution in [2.45, 2.75) is 64.5 Å². The number of amides is 1. The molecule has 166 valence electrons. The van der Waals surface area contributed by atoms with Crippen molar-refractivity contribution in [2.75, 3.05) is 19.8 Å². The summed E-state index contributed by atoms with van der Waals surface area (Å²) in [6, 6.07) is 3.92. The van der Waals surface area contributed by atoms with E-state index in [4.69, 9.17) is 9.47 Å². The number of carbonyl (C=O) groups is 1. The summed E-state index contributed by atoms with van der Waals surface area (Å²) in [6.07, 6.45) is -1.67. The van der Waals surface area contributed by atoms with Crippen molar-refractivity contribution >= 4 is 5.91 Å². The fourth-order valence-corrected chi connectivity index (χ4v) is 4.91. The van der Waals surface area contributed by atoms with Crippen LogP contribution in [0.4, 0.5) is 13.2 Å². The monoisotopic (exact) mass is 426 g/mol. The maximum absolute atomic E-state index is 13.5. The molecule has 0 radical (unpaired) electrons. The molecule has 0 saturated carbocycles. The SMILES string of the molecule is CC(C)C1(CCNC2CCOCC2)CC2Oc3ccc(C(F)(F)F)cc3CN2C1=O. The zero-order chi connectivity index (χ0) is 21.5. The van der Waals surface area contributed by atoms with Gasteiger partial charge in [-0.2, -0.15) is 13.2 Å². The van der Waals surface area contributed by atoms with Crippen LogP contribution in [0.15, 0.2) is 18.2 Å². The molecule has 8 heteroatoms. The molecule has 2 saturated heterocycles. The van der Waals surface area contributed by atoms with Crippen molar-refractivity contribution < 1.29 is 27.4 Å². The van der Waals surface area contributed by atoms with Crippen LogP contribution in [0.3, 0.4) is 0 Å². The number of rotatable bonds is 5. The van der Waals surface area contributed by atoms with Gasteiger partial charge >= 0.3 is 6.18 Å². The summed E-state index contributed by atoms with van der Waals surface area (Å²) in [6.45, 7) is 6.48. The molecule has 0 aliphatic carbocycles. The topological polar surface area (TPSA) is 50.8 Å². The van der Waals surface area contributed by atoms with Crippen LogP contribution in [0, 0.1) is 11.3 Å². The zero-order valence-electron chi connectivity index (χ0n) is 17.4. The number of ether oxygens (including phenoxy) is 2. The van der Waals surface area contributed by atoms with Crippen molar-refractivity contribution in [1.29, 1.82) is 0 Å². The summed E-state index contributed by atoms with van der Waals surface area (Å²) in [5, 5.41) is 3.55. The first-order valence-corrected chi connectivity index (χ1v) is 10.7. The molecule has 30 heavy (non-hydrogen) atoms. The van der Waals surface area contributed by atoms with E-state index in [1.54, 1.807) is 4.90 Å². The van der Waals surface area contributed by atoms with Crippen molar-refractivity contribution in [1.82, 2.24) is 10.2 Å².